The Morgan fingerprint density at radius 2 is 1.26 bits per heavy atom. The molecule has 3 aromatic carbocycles. The molecule has 0 amide bonds. The van der Waals surface area contributed by atoms with Crippen molar-refractivity contribution in [1.82, 2.24) is 4.90 Å². The van der Waals surface area contributed by atoms with Crippen LogP contribution < -0.4 is 9.47 Å². The van der Waals surface area contributed by atoms with Crippen molar-refractivity contribution in [2.75, 3.05) is 26.2 Å². The van der Waals surface area contributed by atoms with Crippen molar-refractivity contribution >= 4 is 28.7 Å². The number of hydrogen-bond acceptors (Lipinski definition) is 4. The van der Waals surface area contributed by atoms with E-state index in [0.29, 0.717) is 12.4 Å². The molecule has 2 fully saturated rings. The largest absolute Gasteiger partial charge is 0.492 e. The van der Waals surface area contributed by atoms with Crippen LogP contribution in [-0.4, -0.2) is 37.1 Å². The van der Waals surface area contributed by atoms with Gasteiger partial charge in [0.2, 0.25) is 0 Å². The van der Waals surface area contributed by atoms with E-state index in [-0.39, 0.29) is 11.9 Å². The van der Waals surface area contributed by atoms with Crippen molar-refractivity contribution in [2.24, 2.45) is 5.92 Å². The van der Waals surface area contributed by atoms with Gasteiger partial charge in [0, 0.05) is 11.6 Å². The van der Waals surface area contributed by atoms with Gasteiger partial charge in [-0.3, -0.25) is 9.69 Å². The van der Waals surface area contributed by atoms with Crippen molar-refractivity contribution in [1.29, 1.82) is 0 Å². The fourth-order valence-electron chi connectivity index (χ4n) is 6.47. The molecule has 5 heteroatoms. The molecule has 0 aromatic heterocycles. The molecular formula is C38H46ClNO3. The fourth-order valence-corrected chi connectivity index (χ4v) is 6.59. The van der Waals surface area contributed by atoms with Gasteiger partial charge in [-0.25, -0.2) is 0 Å². The summed E-state index contributed by atoms with van der Waals surface area (Å²) in [5.41, 5.74) is 5.73. The van der Waals surface area contributed by atoms with Crippen molar-refractivity contribution in [2.45, 2.75) is 77.6 Å². The number of carbonyl (C=O) groups is 1. The van der Waals surface area contributed by atoms with Gasteiger partial charge in [-0.05, 0) is 109 Å². The predicted octanol–water partition coefficient (Wildman–Crippen LogP) is 9.84. The average Bonchev–Trinajstić information content (AvgIpc) is 3.03. The number of carbonyl (C=O) groups excluding carboxylic acids is 1. The van der Waals surface area contributed by atoms with E-state index in [9.17, 15) is 4.79 Å². The van der Waals surface area contributed by atoms with Crippen LogP contribution in [0.25, 0.3) is 11.1 Å². The minimum atomic E-state index is -0.0967. The average molecular weight is 600 g/mol. The fraction of sp³-hybridized carbons (Fsp3) is 0.447. The maximum Gasteiger partial charge on any atom is 0.314 e. The molecule has 1 aliphatic heterocycles. The number of ether oxygens (including phenoxy) is 2. The molecule has 0 N–H and O–H groups in total. The normalized spacial score (nSPS) is 17.4. The number of hydrogen-bond donors (Lipinski definition) is 0. The molecule has 1 saturated heterocycles. The van der Waals surface area contributed by atoms with Crippen LogP contribution >= 0.6 is 11.6 Å². The monoisotopic (exact) mass is 599 g/mol. The van der Waals surface area contributed by atoms with Crippen LogP contribution in [-0.2, 0) is 4.79 Å². The molecule has 1 aliphatic carbocycles. The lowest BCUT2D eigenvalue weighted by molar-refractivity contribution is -0.139. The molecule has 4 nitrogen and oxygen atoms in total. The summed E-state index contributed by atoms with van der Waals surface area (Å²) in [4.78, 5) is 15.3. The molecule has 1 saturated carbocycles. The van der Waals surface area contributed by atoms with E-state index in [2.05, 4.69) is 60.4 Å². The molecule has 1 heterocycles. The van der Waals surface area contributed by atoms with Crippen LogP contribution in [0.1, 0.15) is 94.2 Å². The molecule has 0 spiro atoms. The third-order valence-electron chi connectivity index (χ3n) is 8.92. The second kappa shape index (κ2) is 16.1. The first-order valence-electron chi connectivity index (χ1n) is 16.4. The summed E-state index contributed by atoms with van der Waals surface area (Å²) in [5, 5.41) is 0.724. The van der Waals surface area contributed by atoms with Gasteiger partial charge in [0.15, 0.2) is 0 Å². The highest BCUT2D eigenvalue weighted by Gasteiger charge is 2.23. The number of likely N-dealkylation sites (tertiary alicyclic amines) is 1. The van der Waals surface area contributed by atoms with Gasteiger partial charge in [0.1, 0.15) is 18.1 Å². The Hall–Kier alpha value is -3.08. The summed E-state index contributed by atoms with van der Waals surface area (Å²) in [6.07, 6.45) is 12.8. The third kappa shape index (κ3) is 8.97. The minimum absolute atomic E-state index is 0.0233. The number of rotatable bonds is 10. The smallest absolute Gasteiger partial charge is 0.314 e. The topological polar surface area (TPSA) is 38.8 Å². The minimum Gasteiger partial charge on any atom is -0.492 e. The zero-order chi connectivity index (χ0) is 29.9. The Labute approximate surface area is 263 Å². The second-order valence-corrected chi connectivity index (χ2v) is 12.4. The van der Waals surface area contributed by atoms with Crippen molar-refractivity contribution in [3.8, 4) is 11.5 Å². The number of allylic oxidation sites excluding steroid dienone is 1. The number of nitrogens with zero attached hydrogens (tertiary/aromatic N) is 1. The van der Waals surface area contributed by atoms with Crippen LogP contribution in [0.15, 0.2) is 72.8 Å². The highest BCUT2D eigenvalue weighted by atomic mass is 35.5. The van der Waals surface area contributed by atoms with Crippen LogP contribution in [0, 0.1) is 5.92 Å². The maximum atomic E-state index is 12.7. The molecular weight excluding hydrogens is 554 g/mol. The second-order valence-electron chi connectivity index (χ2n) is 12.0. The van der Waals surface area contributed by atoms with Gasteiger partial charge >= 0.3 is 5.97 Å². The van der Waals surface area contributed by atoms with E-state index in [4.69, 9.17) is 21.1 Å². The zero-order valence-electron chi connectivity index (χ0n) is 25.7. The lowest BCUT2D eigenvalue weighted by Gasteiger charge is -2.24. The highest BCUT2D eigenvalue weighted by molar-refractivity contribution is 6.30. The molecule has 0 bridgehead atoms. The molecule has 43 heavy (non-hydrogen) atoms. The van der Waals surface area contributed by atoms with Gasteiger partial charge in [0.25, 0.3) is 0 Å². The van der Waals surface area contributed by atoms with Gasteiger partial charge < -0.3 is 9.47 Å². The molecule has 0 unspecified atom stereocenters. The number of benzene rings is 3. The summed E-state index contributed by atoms with van der Waals surface area (Å²) in [6.45, 7) is 6.22. The molecule has 2 aliphatic rings. The van der Waals surface area contributed by atoms with Crippen LogP contribution in [0.2, 0.25) is 5.02 Å². The zero-order valence-corrected chi connectivity index (χ0v) is 26.4. The maximum absolute atomic E-state index is 12.7. The van der Waals surface area contributed by atoms with E-state index >= 15 is 0 Å². The van der Waals surface area contributed by atoms with Gasteiger partial charge in [-0.2, -0.15) is 0 Å². The molecule has 5 rings (SSSR count). The first-order chi connectivity index (χ1) is 21.1. The highest BCUT2D eigenvalue weighted by Crippen LogP contribution is 2.36. The summed E-state index contributed by atoms with van der Waals surface area (Å²) < 4.78 is 12.0. The predicted molar refractivity (Wildman–Crippen MR) is 178 cm³/mol. The van der Waals surface area contributed by atoms with E-state index in [1.54, 1.807) is 0 Å². The van der Waals surface area contributed by atoms with Gasteiger partial charge in [-0.15, -0.1) is 0 Å². The molecule has 228 valence electrons. The van der Waals surface area contributed by atoms with E-state index in [1.165, 1.54) is 57.2 Å². The lowest BCUT2D eigenvalue weighted by Crippen LogP contribution is -2.31. The Bertz CT molecular complexity index is 1320. The van der Waals surface area contributed by atoms with Crippen molar-refractivity contribution in [3.63, 3.8) is 0 Å². The Morgan fingerprint density at radius 3 is 1.86 bits per heavy atom. The van der Waals surface area contributed by atoms with E-state index in [0.717, 1.165) is 71.7 Å². The molecule has 0 atom stereocenters. The number of halogens is 1. The third-order valence-corrected chi connectivity index (χ3v) is 9.17. The first-order valence-corrected chi connectivity index (χ1v) is 16.8. The van der Waals surface area contributed by atoms with Crippen LogP contribution in [0.5, 0.6) is 11.5 Å². The van der Waals surface area contributed by atoms with Crippen molar-refractivity contribution in [3.05, 3.63) is 94.5 Å². The molecule has 0 radical (unpaired) electrons. The summed E-state index contributed by atoms with van der Waals surface area (Å²) in [7, 11) is 0. The lowest BCUT2D eigenvalue weighted by atomic mass is 9.88. The first kappa shape index (κ1) is 31.3. The van der Waals surface area contributed by atoms with Gasteiger partial charge in [-0.1, -0.05) is 93.4 Å². The summed E-state index contributed by atoms with van der Waals surface area (Å²) >= 11 is 6.24. The summed E-state index contributed by atoms with van der Waals surface area (Å²) in [6, 6.07) is 24.5. The van der Waals surface area contributed by atoms with E-state index in [1.807, 2.05) is 24.3 Å². The quantitative estimate of drug-likeness (QED) is 0.132. The number of esters is 1. The standard InChI is InChI=1S/C38H46ClNO3/c1-2-36(29-13-19-33(39)20-14-29)37(31-17-23-35(24-18-31)43-38(41)32-11-7-6-8-12-32)30-15-21-34(22-16-30)42-28-27-40-25-9-4-3-5-10-26-40/h13-24,32H,2-12,25-28H2,1H3/b37-36-. The van der Waals surface area contributed by atoms with Crippen LogP contribution in [0.4, 0.5) is 0 Å². The van der Waals surface area contributed by atoms with Gasteiger partial charge in [0.05, 0.1) is 5.92 Å². The summed E-state index contributed by atoms with van der Waals surface area (Å²) in [5.74, 6) is 1.42. The van der Waals surface area contributed by atoms with Crippen molar-refractivity contribution < 1.29 is 14.3 Å². The van der Waals surface area contributed by atoms with Crippen LogP contribution in [0.3, 0.4) is 0 Å². The molecule has 3 aromatic rings. The Morgan fingerprint density at radius 1 is 0.721 bits per heavy atom. The Kier molecular flexibility index (Phi) is 11.8. The SMILES string of the molecule is CC/C(=C(\c1ccc(OCCN2CCCCCCC2)cc1)c1ccc(OC(=O)C2CCCCC2)cc1)c1ccc(Cl)cc1. The van der Waals surface area contributed by atoms with E-state index < -0.39 is 0 Å². The Balaban J connectivity index is 1.34.